The molecule has 30 heavy (non-hydrogen) atoms. The predicted octanol–water partition coefficient (Wildman–Crippen LogP) is 5.90. The van der Waals surface area contributed by atoms with Crippen molar-refractivity contribution in [3.63, 3.8) is 0 Å². The molecule has 2 atom stereocenters. The van der Waals surface area contributed by atoms with Crippen molar-refractivity contribution in [3.05, 3.63) is 99.5 Å². The lowest BCUT2D eigenvalue weighted by molar-refractivity contribution is 0.0929. The number of benzene rings is 3. The monoisotopic (exact) mass is 438 g/mol. The summed E-state index contributed by atoms with van der Waals surface area (Å²) in [7, 11) is 0. The molecule has 3 aromatic carbocycles. The third-order valence-corrected chi connectivity index (χ3v) is 5.70. The molecule has 2 amide bonds. The second-order valence-corrected chi connectivity index (χ2v) is 8.24. The van der Waals surface area contributed by atoms with Gasteiger partial charge >= 0.3 is 0 Å². The maximum Gasteiger partial charge on any atom is 0.258 e. The van der Waals surface area contributed by atoms with Crippen molar-refractivity contribution in [3.8, 4) is 0 Å². The second kappa shape index (κ2) is 8.50. The summed E-state index contributed by atoms with van der Waals surface area (Å²) in [6.45, 7) is 1.99. The number of fused-ring (bicyclic) bond motifs is 1. The van der Waals surface area contributed by atoms with Crippen LogP contribution in [0.5, 0.6) is 0 Å². The van der Waals surface area contributed by atoms with Gasteiger partial charge in [0.15, 0.2) is 0 Å². The Bertz CT molecular complexity index is 1080. The molecule has 4 rings (SSSR count). The standard InChI is InChI=1S/C24H20Cl2N2O2/c1-15-11-21(27-23(29)17-12-18(25)14-19(26)13-17)20-9-5-6-10-22(20)28(15)24(30)16-7-3-2-4-8-16/h2-10,12-15,21H,11H2,1H3,(H,27,29). The highest BCUT2D eigenvalue weighted by Gasteiger charge is 2.34. The minimum Gasteiger partial charge on any atom is -0.345 e. The Morgan fingerprint density at radius 2 is 1.53 bits per heavy atom. The number of para-hydroxylation sites is 1. The molecule has 2 unspecified atom stereocenters. The minimum atomic E-state index is -0.255. The maximum atomic E-state index is 13.2. The largest absolute Gasteiger partial charge is 0.345 e. The zero-order valence-corrected chi connectivity index (χ0v) is 17.8. The molecule has 0 radical (unpaired) electrons. The number of carbonyl (C=O) groups excluding carboxylic acids is 2. The molecule has 0 saturated heterocycles. The van der Waals surface area contributed by atoms with E-state index in [0.717, 1.165) is 11.3 Å². The first kappa shape index (κ1) is 20.5. The van der Waals surface area contributed by atoms with Gasteiger partial charge in [0.1, 0.15) is 0 Å². The smallest absolute Gasteiger partial charge is 0.258 e. The molecule has 0 saturated carbocycles. The lowest BCUT2D eigenvalue weighted by Gasteiger charge is -2.39. The summed E-state index contributed by atoms with van der Waals surface area (Å²) in [5.41, 5.74) is 2.75. The lowest BCUT2D eigenvalue weighted by atomic mass is 9.90. The summed E-state index contributed by atoms with van der Waals surface area (Å²) < 4.78 is 0. The van der Waals surface area contributed by atoms with Crippen LogP contribution in [0.2, 0.25) is 10.0 Å². The summed E-state index contributed by atoms with van der Waals surface area (Å²) >= 11 is 12.1. The van der Waals surface area contributed by atoms with Gasteiger partial charge in [-0.15, -0.1) is 0 Å². The Labute approximate surface area is 185 Å². The van der Waals surface area contributed by atoms with Crippen LogP contribution in [-0.2, 0) is 0 Å². The Kier molecular flexibility index (Phi) is 5.80. The van der Waals surface area contributed by atoms with Crippen LogP contribution in [0.1, 0.15) is 45.7 Å². The average Bonchev–Trinajstić information content (AvgIpc) is 2.73. The van der Waals surface area contributed by atoms with Gasteiger partial charge in [0.2, 0.25) is 0 Å². The van der Waals surface area contributed by atoms with Gasteiger partial charge in [0.25, 0.3) is 11.8 Å². The van der Waals surface area contributed by atoms with Gasteiger partial charge in [0, 0.05) is 32.9 Å². The first-order valence-corrected chi connectivity index (χ1v) is 10.4. The van der Waals surface area contributed by atoms with Gasteiger partial charge in [-0.2, -0.15) is 0 Å². The van der Waals surface area contributed by atoms with Gasteiger partial charge in [0.05, 0.1) is 6.04 Å². The van der Waals surface area contributed by atoms with E-state index in [1.165, 1.54) is 0 Å². The summed E-state index contributed by atoms with van der Waals surface area (Å²) in [6.07, 6.45) is 0.593. The van der Waals surface area contributed by atoms with Crippen LogP contribution in [0, 0.1) is 0 Å². The number of carbonyl (C=O) groups is 2. The molecule has 1 aliphatic heterocycles. The molecular weight excluding hydrogens is 419 g/mol. The molecule has 1 N–H and O–H groups in total. The molecular formula is C24H20Cl2N2O2. The van der Waals surface area contributed by atoms with E-state index in [1.54, 1.807) is 18.2 Å². The van der Waals surface area contributed by atoms with Crippen molar-refractivity contribution in [2.24, 2.45) is 0 Å². The number of hydrogen-bond acceptors (Lipinski definition) is 2. The van der Waals surface area contributed by atoms with Crippen LogP contribution < -0.4 is 10.2 Å². The zero-order chi connectivity index (χ0) is 21.3. The molecule has 6 heteroatoms. The highest BCUT2D eigenvalue weighted by Crippen LogP contribution is 2.38. The Morgan fingerprint density at radius 1 is 0.900 bits per heavy atom. The maximum absolute atomic E-state index is 13.2. The highest BCUT2D eigenvalue weighted by molar-refractivity contribution is 6.35. The number of nitrogens with zero attached hydrogens (tertiary/aromatic N) is 1. The van der Waals surface area contributed by atoms with Gasteiger partial charge in [-0.25, -0.2) is 0 Å². The quantitative estimate of drug-likeness (QED) is 0.552. The average molecular weight is 439 g/mol. The predicted molar refractivity (Wildman–Crippen MR) is 120 cm³/mol. The third-order valence-electron chi connectivity index (χ3n) is 5.26. The van der Waals surface area contributed by atoms with E-state index in [-0.39, 0.29) is 23.9 Å². The second-order valence-electron chi connectivity index (χ2n) is 7.37. The van der Waals surface area contributed by atoms with Crippen LogP contribution >= 0.6 is 23.2 Å². The van der Waals surface area contributed by atoms with Crippen molar-refractivity contribution in [1.82, 2.24) is 5.32 Å². The Morgan fingerprint density at radius 3 is 2.23 bits per heavy atom. The highest BCUT2D eigenvalue weighted by atomic mass is 35.5. The van der Waals surface area contributed by atoms with Crippen molar-refractivity contribution >= 4 is 40.7 Å². The fourth-order valence-corrected chi connectivity index (χ4v) is 4.43. The van der Waals surface area contributed by atoms with E-state index in [1.807, 2.05) is 66.4 Å². The number of rotatable bonds is 3. The van der Waals surface area contributed by atoms with Crippen LogP contribution in [0.4, 0.5) is 5.69 Å². The number of amides is 2. The van der Waals surface area contributed by atoms with Gasteiger partial charge in [-0.1, -0.05) is 59.6 Å². The summed E-state index contributed by atoms with van der Waals surface area (Å²) in [5.74, 6) is -0.309. The molecule has 0 bridgehead atoms. The van der Waals surface area contributed by atoms with Crippen molar-refractivity contribution < 1.29 is 9.59 Å². The van der Waals surface area contributed by atoms with Gasteiger partial charge < -0.3 is 10.2 Å². The van der Waals surface area contributed by atoms with Crippen LogP contribution in [0.15, 0.2) is 72.8 Å². The molecule has 4 nitrogen and oxygen atoms in total. The fourth-order valence-electron chi connectivity index (χ4n) is 3.91. The van der Waals surface area contributed by atoms with E-state index in [0.29, 0.717) is 27.6 Å². The molecule has 3 aromatic rings. The minimum absolute atomic E-state index is 0.0538. The van der Waals surface area contributed by atoms with E-state index in [2.05, 4.69) is 5.32 Å². The topological polar surface area (TPSA) is 49.4 Å². The first-order valence-electron chi connectivity index (χ1n) is 9.68. The molecule has 152 valence electrons. The van der Waals surface area contributed by atoms with E-state index < -0.39 is 0 Å². The zero-order valence-electron chi connectivity index (χ0n) is 16.3. The van der Waals surface area contributed by atoms with E-state index >= 15 is 0 Å². The number of anilines is 1. The Balaban J connectivity index is 1.65. The summed E-state index contributed by atoms with van der Waals surface area (Å²) in [6, 6.07) is 21.3. The van der Waals surface area contributed by atoms with E-state index in [9.17, 15) is 9.59 Å². The van der Waals surface area contributed by atoms with Crippen molar-refractivity contribution in [2.45, 2.75) is 25.4 Å². The van der Waals surface area contributed by atoms with Crippen LogP contribution in [0.25, 0.3) is 0 Å². The van der Waals surface area contributed by atoms with Crippen LogP contribution in [0.3, 0.4) is 0 Å². The van der Waals surface area contributed by atoms with Crippen molar-refractivity contribution in [1.29, 1.82) is 0 Å². The van der Waals surface area contributed by atoms with Gasteiger partial charge in [-0.05, 0) is 55.3 Å². The Hall–Kier alpha value is -2.82. The van der Waals surface area contributed by atoms with Gasteiger partial charge in [-0.3, -0.25) is 9.59 Å². The molecule has 1 heterocycles. The number of halogens is 2. The third kappa shape index (κ3) is 4.07. The van der Waals surface area contributed by atoms with Crippen LogP contribution in [-0.4, -0.2) is 17.9 Å². The molecule has 0 fully saturated rings. The summed E-state index contributed by atoms with van der Waals surface area (Å²) in [4.78, 5) is 27.9. The number of hydrogen-bond donors (Lipinski definition) is 1. The fraction of sp³-hybridized carbons (Fsp3) is 0.167. The summed E-state index contributed by atoms with van der Waals surface area (Å²) in [5, 5.41) is 3.90. The molecule has 0 spiro atoms. The van der Waals surface area contributed by atoms with Crippen molar-refractivity contribution in [2.75, 3.05) is 4.90 Å². The molecule has 1 aliphatic rings. The normalized spacial score (nSPS) is 17.9. The van der Waals surface area contributed by atoms with E-state index in [4.69, 9.17) is 23.2 Å². The number of nitrogens with one attached hydrogen (secondary N) is 1. The molecule has 0 aliphatic carbocycles. The SMILES string of the molecule is CC1CC(NC(=O)c2cc(Cl)cc(Cl)c2)c2ccccc2N1C(=O)c1ccccc1. The lowest BCUT2D eigenvalue weighted by Crippen LogP contribution is -2.46. The molecule has 0 aromatic heterocycles. The first-order chi connectivity index (χ1) is 14.4.